The van der Waals surface area contributed by atoms with E-state index in [-0.39, 0.29) is 6.04 Å². The molecule has 1 aromatic carbocycles. The molecular formula is C12H14ClN3. The average Bonchev–Trinajstić information content (AvgIpc) is 2.34. The highest BCUT2D eigenvalue weighted by atomic mass is 35.5. The summed E-state index contributed by atoms with van der Waals surface area (Å²) in [6, 6.07) is 9.69. The van der Waals surface area contributed by atoms with E-state index in [1.807, 2.05) is 24.3 Å². The van der Waals surface area contributed by atoms with Crippen LogP contribution < -0.4 is 5.32 Å². The lowest BCUT2D eigenvalue weighted by atomic mass is 10.1. The van der Waals surface area contributed by atoms with Crippen LogP contribution in [0.3, 0.4) is 0 Å². The Morgan fingerprint density at radius 1 is 1.31 bits per heavy atom. The molecule has 16 heavy (non-hydrogen) atoms. The first-order chi connectivity index (χ1) is 7.83. The number of halogens is 1. The van der Waals surface area contributed by atoms with Gasteiger partial charge in [-0.2, -0.15) is 5.26 Å². The molecule has 1 heterocycles. The minimum Gasteiger partial charge on any atom is -0.314 e. The standard InChI is InChI=1S/C12H14ClN3/c13-11-4-2-1-3-10(11)12(9-14)16-7-5-15-6-8-16/h1-4,12,15H,5-8H2. The molecule has 1 aliphatic heterocycles. The van der Waals surface area contributed by atoms with E-state index in [0.717, 1.165) is 31.7 Å². The lowest BCUT2D eigenvalue weighted by Crippen LogP contribution is -2.44. The molecule has 3 nitrogen and oxygen atoms in total. The van der Waals surface area contributed by atoms with Crippen molar-refractivity contribution >= 4 is 11.6 Å². The van der Waals surface area contributed by atoms with Crippen molar-refractivity contribution in [2.24, 2.45) is 0 Å². The van der Waals surface area contributed by atoms with Crippen LogP contribution in [0.25, 0.3) is 0 Å². The summed E-state index contributed by atoms with van der Waals surface area (Å²) in [5.41, 5.74) is 0.911. The smallest absolute Gasteiger partial charge is 0.125 e. The van der Waals surface area contributed by atoms with Crippen LogP contribution in [0.5, 0.6) is 0 Å². The Kier molecular flexibility index (Phi) is 3.79. The SMILES string of the molecule is N#CC(c1ccccc1Cl)N1CCNCC1. The summed E-state index contributed by atoms with van der Waals surface area (Å²) in [4.78, 5) is 2.16. The van der Waals surface area contributed by atoms with E-state index in [1.54, 1.807) is 0 Å². The van der Waals surface area contributed by atoms with Crippen LogP contribution in [0.15, 0.2) is 24.3 Å². The predicted molar refractivity (Wildman–Crippen MR) is 64.2 cm³/mol. The molecule has 0 aliphatic carbocycles. The summed E-state index contributed by atoms with van der Waals surface area (Å²) in [5.74, 6) is 0. The Labute approximate surface area is 101 Å². The molecule has 0 spiro atoms. The summed E-state index contributed by atoms with van der Waals surface area (Å²) >= 11 is 6.12. The van der Waals surface area contributed by atoms with E-state index >= 15 is 0 Å². The van der Waals surface area contributed by atoms with Gasteiger partial charge in [0.1, 0.15) is 6.04 Å². The maximum Gasteiger partial charge on any atom is 0.125 e. The van der Waals surface area contributed by atoms with Gasteiger partial charge < -0.3 is 5.32 Å². The second-order valence-electron chi connectivity index (χ2n) is 3.84. The zero-order chi connectivity index (χ0) is 11.4. The molecule has 2 rings (SSSR count). The van der Waals surface area contributed by atoms with Crippen LogP contribution in [-0.4, -0.2) is 31.1 Å². The van der Waals surface area contributed by atoms with Crippen molar-refractivity contribution in [2.45, 2.75) is 6.04 Å². The first kappa shape index (κ1) is 11.4. The van der Waals surface area contributed by atoms with Crippen LogP contribution >= 0.6 is 11.6 Å². The fourth-order valence-corrected chi connectivity index (χ4v) is 2.22. The molecule has 1 fully saturated rings. The van der Waals surface area contributed by atoms with Gasteiger partial charge in [0, 0.05) is 36.8 Å². The third-order valence-electron chi connectivity index (χ3n) is 2.84. The first-order valence-corrected chi connectivity index (χ1v) is 5.79. The Morgan fingerprint density at radius 2 is 2.00 bits per heavy atom. The third-order valence-corrected chi connectivity index (χ3v) is 3.18. The van der Waals surface area contributed by atoms with Gasteiger partial charge in [0.2, 0.25) is 0 Å². The lowest BCUT2D eigenvalue weighted by Gasteiger charge is -2.31. The van der Waals surface area contributed by atoms with E-state index in [4.69, 9.17) is 11.6 Å². The highest BCUT2D eigenvalue weighted by Crippen LogP contribution is 2.26. The number of benzene rings is 1. The average molecular weight is 236 g/mol. The second kappa shape index (κ2) is 5.31. The highest BCUT2D eigenvalue weighted by molar-refractivity contribution is 6.31. The Morgan fingerprint density at radius 3 is 2.62 bits per heavy atom. The summed E-state index contributed by atoms with van der Waals surface area (Å²) in [5, 5.41) is 13.2. The molecule has 4 heteroatoms. The quantitative estimate of drug-likeness (QED) is 0.850. The minimum atomic E-state index is -0.226. The van der Waals surface area contributed by atoms with Gasteiger partial charge in [-0.3, -0.25) is 4.90 Å². The van der Waals surface area contributed by atoms with Crippen molar-refractivity contribution in [3.8, 4) is 6.07 Å². The van der Waals surface area contributed by atoms with Crippen LogP contribution in [0.1, 0.15) is 11.6 Å². The largest absolute Gasteiger partial charge is 0.314 e. The molecule has 1 aromatic rings. The topological polar surface area (TPSA) is 39.1 Å². The van der Waals surface area contributed by atoms with Crippen LogP contribution in [0.2, 0.25) is 5.02 Å². The van der Waals surface area contributed by atoms with E-state index in [2.05, 4.69) is 16.3 Å². The van der Waals surface area contributed by atoms with Crippen molar-refractivity contribution in [1.29, 1.82) is 5.26 Å². The van der Waals surface area contributed by atoms with E-state index in [1.165, 1.54) is 0 Å². The predicted octanol–water partition coefficient (Wildman–Crippen LogP) is 1.81. The monoisotopic (exact) mass is 235 g/mol. The normalized spacial score (nSPS) is 19.0. The van der Waals surface area contributed by atoms with E-state index in [9.17, 15) is 5.26 Å². The minimum absolute atomic E-state index is 0.226. The third kappa shape index (κ3) is 2.35. The van der Waals surface area contributed by atoms with E-state index < -0.39 is 0 Å². The lowest BCUT2D eigenvalue weighted by molar-refractivity contribution is 0.207. The van der Waals surface area contributed by atoms with Gasteiger partial charge in [-0.05, 0) is 6.07 Å². The molecule has 0 saturated carbocycles. The maximum atomic E-state index is 9.29. The Bertz CT molecular complexity index is 393. The van der Waals surface area contributed by atoms with E-state index in [0.29, 0.717) is 5.02 Å². The number of rotatable bonds is 2. The van der Waals surface area contributed by atoms with Crippen molar-refractivity contribution in [3.63, 3.8) is 0 Å². The summed E-state index contributed by atoms with van der Waals surface area (Å²) < 4.78 is 0. The molecule has 0 amide bonds. The zero-order valence-electron chi connectivity index (χ0n) is 8.99. The van der Waals surface area contributed by atoms with Crippen molar-refractivity contribution in [2.75, 3.05) is 26.2 Å². The van der Waals surface area contributed by atoms with Crippen LogP contribution in [-0.2, 0) is 0 Å². The van der Waals surface area contributed by atoms with Crippen LogP contribution in [0.4, 0.5) is 0 Å². The van der Waals surface area contributed by atoms with Gasteiger partial charge in [-0.25, -0.2) is 0 Å². The summed E-state index contributed by atoms with van der Waals surface area (Å²) in [7, 11) is 0. The molecule has 0 bridgehead atoms. The van der Waals surface area contributed by atoms with Gasteiger partial charge in [0.05, 0.1) is 6.07 Å². The molecule has 0 radical (unpaired) electrons. The molecular weight excluding hydrogens is 222 g/mol. The molecule has 0 aromatic heterocycles. The maximum absolute atomic E-state index is 9.29. The molecule has 1 N–H and O–H groups in total. The van der Waals surface area contributed by atoms with Gasteiger partial charge in [0.15, 0.2) is 0 Å². The van der Waals surface area contributed by atoms with Crippen LogP contribution in [0, 0.1) is 11.3 Å². The number of piperazine rings is 1. The molecule has 1 saturated heterocycles. The fraction of sp³-hybridized carbons (Fsp3) is 0.417. The Hall–Kier alpha value is -1.08. The molecule has 1 atom stereocenters. The summed E-state index contributed by atoms with van der Waals surface area (Å²) in [6.07, 6.45) is 0. The molecule has 1 aliphatic rings. The Balaban J connectivity index is 2.22. The number of nitriles is 1. The second-order valence-corrected chi connectivity index (χ2v) is 4.25. The first-order valence-electron chi connectivity index (χ1n) is 5.42. The van der Waals surface area contributed by atoms with Crippen molar-refractivity contribution in [3.05, 3.63) is 34.9 Å². The fourth-order valence-electron chi connectivity index (χ4n) is 1.99. The molecule has 84 valence electrons. The van der Waals surface area contributed by atoms with Crippen molar-refractivity contribution < 1.29 is 0 Å². The number of nitrogens with one attached hydrogen (secondary N) is 1. The number of hydrogen-bond donors (Lipinski definition) is 1. The van der Waals surface area contributed by atoms with Gasteiger partial charge in [-0.15, -0.1) is 0 Å². The highest BCUT2D eigenvalue weighted by Gasteiger charge is 2.23. The zero-order valence-corrected chi connectivity index (χ0v) is 9.74. The molecule has 1 unspecified atom stereocenters. The number of nitrogens with zero attached hydrogens (tertiary/aromatic N) is 2. The van der Waals surface area contributed by atoms with Gasteiger partial charge in [-0.1, -0.05) is 29.8 Å². The van der Waals surface area contributed by atoms with Gasteiger partial charge in [0.25, 0.3) is 0 Å². The number of hydrogen-bond acceptors (Lipinski definition) is 3. The summed E-state index contributed by atoms with van der Waals surface area (Å²) in [6.45, 7) is 3.65. The van der Waals surface area contributed by atoms with Crippen molar-refractivity contribution in [1.82, 2.24) is 10.2 Å². The van der Waals surface area contributed by atoms with Gasteiger partial charge >= 0.3 is 0 Å².